The van der Waals surface area contributed by atoms with E-state index in [1.54, 1.807) is 18.3 Å². The molecule has 0 saturated carbocycles. The monoisotopic (exact) mass is 427 g/mol. The maximum Gasteiger partial charge on any atom is 0.229 e. The molecule has 0 aliphatic carbocycles. The highest BCUT2D eigenvalue weighted by Crippen LogP contribution is 2.41. The minimum Gasteiger partial charge on any atom is -0.357 e. The number of benzene rings is 1. The number of pyridine rings is 1. The van der Waals surface area contributed by atoms with Gasteiger partial charge >= 0.3 is 0 Å². The quantitative estimate of drug-likeness (QED) is 0.610. The summed E-state index contributed by atoms with van der Waals surface area (Å²) < 4.78 is 27.4. The van der Waals surface area contributed by atoms with Gasteiger partial charge in [0.2, 0.25) is 10.0 Å². The number of hydrogen-bond acceptors (Lipinski definition) is 4. The molecule has 1 aromatic carbocycles. The van der Waals surface area contributed by atoms with E-state index in [0.29, 0.717) is 10.8 Å². The van der Waals surface area contributed by atoms with E-state index in [0.717, 1.165) is 23.2 Å². The van der Waals surface area contributed by atoms with Gasteiger partial charge in [0.1, 0.15) is 0 Å². The van der Waals surface area contributed by atoms with Gasteiger partial charge in [0, 0.05) is 37.0 Å². The number of sulfonamides is 1. The van der Waals surface area contributed by atoms with Crippen LogP contribution in [-0.4, -0.2) is 29.3 Å². The Morgan fingerprint density at radius 1 is 1.14 bits per heavy atom. The number of hydrogen-bond donors (Lipinski definition) is 2. The number of nitrogens with zero attached hydrogens (tertiary/aromatic N) is 3. The van der Waals surface area contributed by atoms with Gasteiger partial charge in [-0.2, -0.15) is 0 Å². The van der Waals surface area contributed by atoms with Crippen molar-refractivity contribution in [2.75, 3.05) is 15.9 Å². The van der Waals surface area contributed by atoms with Gasteiger partial charge in [0.25, 0.3) is 0 Å². The van der Waals surface area contributed by atoms with Gasteiger partial charge < -0.3 is 14.8 Å². The number of anilines is 2. The van der Waals surface area contributed by atoms with Crippen molar-refractivity contribution in [3.8, 4) is 0 Å². The average Bonchev–Trinajstić information content (AvgIpc) is 3.25. The maximum atomic E-state index is 11.5. The number of nitrogens with one attached hydrogen (secondary N) is 2. The van der Waals surface area contributed by atoms with Crippen molar-refractivity contribution in [1.82, 2.24) is 14.9 Å². The van der Waals surface area contributed by atoms with Gasteiger partial charge in [0.05, 0.1) is 24.0 Å². The zero-order chi connectivity index (χ0) is 20.6. The van der Waals surface area contributed by atoms with Crippen molar-refractivity contribution in [3.63, 3.8) is 0 Å². The molecular weight excluding hydrogens is 406 g/mol. The molecule has 29 heavy (non-hydrogen) atoms. The minimum atomic E-state index is -3.33. The molecule has 7 nitrogen and oxygen atoms in total. The van der Waals surface area contributed by atoms with Gasteiger partial charge in [0.15, 0.2) is 5.11 Å². The van der Waals surface area contributed by atoms with Crippen molar-refractivity contribution in [3.05, 3.63) is 78.4 Å². The molecule has 3 heterocycles. The summed E-state index contributed by atoms with van der Waals surface area (Å²) in [4.78, 5) is 6.58. The molecule has 1 saturated heterocycles. The fraction of sp³-hybridized carbons (Fsp3) is 0.200. The Morgan fingerprint density at radius 2 is 1.90 bits per heavy atom. The molecule has 9 heteroatoms. The highest BCUT2D eigenvalue weighted by Gasteiger charge is 2.40. The van der Waals surface area contributed by atoms with E-state index in [2.05, 4.69) is 27.3 Å². The van der Waals surface area contributed by atoms with E-state index in [9.17, 15) is 8.42 Å². The average molecular weight is 428 g/mol. The Bertz CT molecular complexity index is 1130. The first-order valence-electron chi connectivity index (χ1n) is 9.02. The molecule has 2 atom stereocenters. The van der Waals surface area contributed by atoms with Crippen LogP contribution in [0.1, 0.15) is 23.3 Å². The van der Waals surface area contributed by atoms with Gasteiger partial charge in [-0.1, -0.05) is 6.07 Å². The lowest BCUT2D eigenvalue weighted by atomic mass is 9.98. The van der Waals surface area contributed by atoms with Crippen LogP contribution < -0.4 is 14.9 Å². The van der Waals surface area contributed by atoms with Crippen molar-refractivity contribution in [2.24, 2.45) is 7.05 Å². The molecule has 2 aromatic heterocycles. The third-order valence-corrected chi connectivity index (χ3v) is 5.66. The second-order valence-corrected chi connectivity index (χ2v) is 9.16. The molecule has 2 N–H and O–H groups in total. The Labute approximate surface area is 175 Å². The van der Waals surface area contributed by atoms with Crippen LogP contribution in [0.5, 0.6) is 0 Å². The SMILES string of the molecule is Cn1ccc([C@@H]2[C@@H](c3ccccn3)NC(=S)N2c2ccc(NS(C)(=O)=O)cc2)c1. The molecule has 0 bridgehead atoms. The molecular formula is C20H21N5O2S2. The highest BCUT2D eigenvalue weighted by atomic mass is 32.2. The van der Waals surface area contributed by atoms with Crippen LogP contribution in [0.15, 0.2) is 67.1 Å². The predicted octanol–water partition coefficient (Wildman–Crippen LogP) is 2.97. The van der Waals surface area contributed by atoms with E-state index < -0.39 is 10.0 Å². The van der Waals surface area contributed by atoms with Gasteiger partial charge in [-0.3, -0.25) is 9.71 Å². The van der Waals surface area contributed by atoms with Crippen LogP contribution in [0.3, 0.4) is 0 Å². The third kappa shape index (κ3) is 4.10. The molecule has 1 aliphatic rings. The lowest BCUT2D eigenvalue weighted by Crippen LogP contribution is -2.29. The third-order valence-electron chi connectivity index (χ3n) is 4.74. The normalized spacial score (nSPS) is 19.2. The first-order chi connectivity index (χ1) is 13.8. The van der Waals surface area contributed by atoms with Crippen LogP contribution in [0, 0.1) is 0 Å². The summed E-state index contributed by atoms with van der Waals surface area (Å²) in [5.74, 6) is 0. The van der Waals surface area contributed by atoms with E-state index in [-0.39, 0.29) is 12.1 Å². The van der Waals surface area contributed by atoms with Gasteiger partial charge in [-0.25, -0.2) is 8.42 Å². The van der Waals surface area contributed by atoms with Crippen LogP contribution in [-0.2, 0) is 17.1 Å². The standard InChI is InChI=1S/C20H21N5O2S2/c1-24-12-10-14(13-24)19-18(17-5-3-4-11-21-17)22-20(28)25(19)16-8-6-15(7-9-16)23-29(2,26)27/h3-13,18-19,23H,1-2H3,(H,22,28)/t18-,19-/m1/s1. The van der Waals surface area contributed by atoms with E-state index in [4.69, 9.17) is 12.2 Å². The van der Waals surface area contributed by atoms with Crippen LogP contribution in [0.4, 0.5) is 11.4 Å². The maximum absolute atomic E-state index is 11.5. The molecule has 0 amide bonds. The van der Waals surface area contributed by atoms with Crippen molar-refractivity contribution in [1.29, 1.82) is 0 Å². The predicted molar refractivity (Wildman–Crippen MR) is 118 cm³/mol. The summed E-state index contributed by atoms with van der Waals surface area (Å²) in [6, 6.07) is 14.9. The smallest absolute Gasteiger partial charge is 0.229 e. The fourth-order valence-corrected chi connectivity index (χ4v) is 4.49. The lowest BCUT2D eigenvalue weighted by molar-refractivity contribution is 0.567. The van der Waals surface area contributed by atoms with E-state index in [1.165, 1.54) is 0 Å². The molecule has 3 aromatic rings. The summed E-state index contributed by atoms with van der Waals surface area (Å²) in [7, 11) is -1.35. The van der Waals surface area contributed by atoms with Crippen LogP contribution in [0.25, 0.3) is 0 Å². The molecule has 0 unspecified atom stereocenters. The summed E-state index contributed by atoms with van der Waals surface area (Å²) in [6.45, 7) is 0. The van der Waals surface area contributed by atoms with E-state index in [1.807, 2.05) is 53.0 Å². The molecule has 4 rings (SSSR count). The highest BCUT2D eigenvalue weighted by molar-refractivity contribution is 7.92. The van der Waals surface area contributed by atoms with Crippen molar-refractivity contribution in [2.45, 2.75) is 12.1 Å². The fourth-order valence-electron chi connectivity index (χ4n) is 3.58. The Balaban J connectivity index is 1.73. The number of rotatable bonds is 5. The van der Waals surface area contributed by atoms with Crippen LogP contribution >= 0.6 is 12.2 Å². The first-order valence-corrected chi connectivity index (χ1v) is 11.3. The van der Waals surface area contributed by atoms with Crippen molar-refractivity contribution >= 4 is 38.7 Å². The number of thiocarbonyl (C=S) groups is 1. The molecule has 0 radical (unpaired) electrons. The second-order valence-electron chi connectivity index (χ2n) is 7.03. The molecule has 1 aliphatic heterocycles. The Hall–Kier alpha value is -2.91. The second kappa shape index (κ2) is 7.49. The largest absolute Gasteiger partial charge is 0.357 e. The molecule has 0 spiro atoms. The Morgan fingerprint density at radius 3 is 2.48 bits per heavy atom. The molecule has 150 valence electrons. The molecule has 1 fully saturated rings. The van der Waals surface area contributed by atoms with E-state index >= 15 is 0 Å². The Kier molecular flexibility index (Phi) is 5.01. The topological polar surface area (TPSA) is 79.3 Å². The number of aromatic nitrogens is 2. The van der Waals surface area contributed by atoms with Gasteiger partial charge in [-0.15, -0.1) is 0 Å². The summed E-state index contributed by atoms with van der Waals surface area (Å²) in [5.41, 5.74) is 3.39. The van der Waals surface area contributed by atoms with Crippen molar-refractivity contribution < 1.29 is 8.42 Å². The summed E-state index contributed by atoms with van der Waals surface area (Å²) in [5, 5.41) is 4.00. The zero-order valence-corrected chi connectivity index (χ0v) is 17.6. The minimum absolute atomic E-state index is 0.0904. The first kappa shape index (κ1) is 19.4. The van der Waals surface area contributed by atoms with Crippen LogP contribution in [0.2, 0.25) is 0 Å². The number of aryl methyl sites for hydroxylation is 1. The zero-order valence-electron chi connectivity index (χ0n) is 16.0. The lowest BCUT2D eigenvalue weighted by Gasteiger charge is -2.27. The van der Waals surface area contributed by atoms with Gasteiger partial charge in [-0.05, 0) is 60.2 Å². The summed E-state index contributed by atoms with van der Waals surface area (Å²) >= 11 is 5.67. The summed E-state index contributed by atoms with van der Waals surface area (Å²) in [6.07, 6.45) is 6.98.